The second-order valence-electron chi connectivity index (χ2n) is 9.87. The molecule has 1 heteroatoms. The van der Waals surface area contributed by atoms with Gasteiger partial charge in [0.15, 0.2) is 0 Å². The van der Waals surface area contributed by atoms with Gasteiger partial charge in [0, 0.05) is 10.8 Å². The summed E-state index contributed by atoms with van der Waals surface area (Å²) >= 11 is 0. The normalized spacial score (nSPS) is 30.6. The monoisotopic (exact) mass is 352 g/mol. The third-order valence-electron chi connectivity index (χ3n) is 8.50. The molecule has 4 unspecified atom stereocenters. The van der Waals surface area contributed by atoms with Gasteiger partial charge in [0.2, 0.25) is 0 Å². The molecule has 0 amide bonds. The Balaban J connectivity index is 1.74. The summed E-state index contributed by atoms with van der Waals surface area (Å²) in [7, 11) is 0. The van der Waals surface area contributed by atoms with Crippen molar-refractivity contribution < 1.29 is 5.11 Å². The minimum Gasteiger partial charge on any atom is -0.507 e. The van der Waals surface area contributed by atoms with Gasteiger partial charge in [-0.2, -0.15) is 0 Å². The Morgan fingerprint density at radius 3 is 2.37 bits per heavy atom. The van der Waals surface area contributed by atoms with Crippen molar-refractivity contribution in [3.05, 3.63) is 64.7 Å². The van der Waals surface area contributed by atoms with E-state index in [-0.39, 0.29) is 5.41 Å². The number of phenolic OH excluding ortho intramolecular Hbond substituents is 1. The van der Waals surface area contributed by atoms with E-state index in [1.807, 2.05) is 0 Å². The van der Waals surface area contributed by atoms with Gasteiger partial charge in [0.1, 0.15) is 5.75 Å². The molecule has 2 saturated carbocycles. The Kier molecular flexibility index (Phi) is 2.40. The molecule has 4 atom stereocenters. The van der Waals surface area contributed by atoms with Gasteiger partial charge in [0.05, 0.1) is 0 Å². The molecule has 0 saturated heterocycles. The van der Waals surface area contributed by atoms with Gasteiger partial charge in [0.25, 0.3) is 0 Å². The van der Waals surface area contributed by atoms with E-state index < -0.39 is 0 Å². The van der Waals surface area contributed by atoms with Crippen LogP contribution in [0.1, 0.15) is 67.2 Å². The summed E-state index contributed by atoms with van der Waals surface area (Å²) in [5.41, 5.74) is 8.83. The molecule has 4 aliphatic carbocycles. The molecule has 0 aliphatic heterocycles. The van der Waals surface area contributed by atoms with Gasteiger partial charge < -0.3 is 5.11 Å². The molecule has 2 bridgehead atoms. The highest BCUT2D eigenvalue weighted by Crippen LogP contribution is 2.68. The average Bonchev–Trinajstić information content (AvgIpc) is 3.28. The Labute approximate surface area is 160 Å². The minimum atomic E-state index is -0.0344. The number of hydrogen-bond acceptors (Lipinski definition) is 1. The van der Waals surface area contributed by atoms with Crippen LogP contribution < -0.4 is 0 Å². The van der Waals surface area contributed by atoms with Gasteiger partial charge in [-0.25, -0.2) is 0 Å². The fraction of sp³-hybridized carbons (Fsp3) is 0.385. The molecule has 0 radical (unpaired) electrons. The molecule has 3 aromatic rings. The van der Waals surface area contributed by atoms with Crippen molar-refractivity contribution in [1.82, 2.24) is 0 Å². The minimum absolute atomic E-state index is 0.0344. The van der Waals surface area contributed by atoms with Crippen molar-refractivity contribution in [2.75, 3.05) is 0 Å². The molecule has 3 aromatic carbocycles. The first-order valence-electron chi connectivity index (χ1n) is 10.5. The Bertz CT molecular complexity index is 1170. The quantitative estimate of drug-likeness (QED) is 0.492. The lowest BCUT2D eigenvalue weighted by atomic mass is 9.59. The first kappa shape index (κ1) is 14.7. The second kappa shape index (κ2) is 4.41. The molecular weight excluding hydrogens is 328 g/mol. The van der Waals surface area contributed by atoms with Crippen LogP contribution in [0.3, 0.4) is 0 Å². The fourth-order valence-corrected chi connectivity index (χ4v) is 7.51. The largest absolute Gasteiger partial charge is 0.507 e. The first-order valence-corrected chi connectivity index (χ1v) is 10.5. The molecule has 0 heterocycles. The van der Waals surface area contributed by atoms with Crippen LogP contribution in [0.25, 0.3) is 21.9 Å². The van der Waals surface area contributed by atoms with E-state index in [0.717, 1.165) is 17.2 Å². The summed E-state index contributed by atoms with van der Waals surface area (Å²) < 4.78 is 0. The van der Waals surface area contributed by atoms with Crippen molar-refractivity contribution in [3.8, 4) is 16.9 Å². The summed E-state index contributed by atoms with van der Waals surface area (Å²) in [6.07, 6.45) is 4.13. The average molecular weight is 352 g/mol. The van der Waals surface area contributed by atoms with Crippen molar-refractivity contribution in [1.29, 1.82) is 0 Å². The van der Waals surface area contributed by atoms with Crippen LogP contribution in [-0.2, 0) is 5.41 Å². The number of phenols is 1. The van der Waals surface area contributed by atoms with Gasteiger partial charge in [-0.15, -0.1) is 0 Å². The predicted molar refractivity (Wildman–Crippen MR) is 109 cm³/mol. The van der Waals surface area contributed by atoms with Crippen LogP contribution in [-0.4, -0.2) is 5.11 Å². The van der Waals surface area contributed by atoms with E-state index in [1.165, 1.54) is 52.5 Å². The maximum Gasteiger partial charge on any atom is 0.123 e. The fourth-order valence-electron chi connectivity index (χ4n) is 7.51. The van der Waals surface area contributed by atoms with Gasteiger partial charge in [-0.1, -0.05) is 50.2 Å². The summed E-state index contributed by atoms with van der Waals surface area (Å²) in [5, 5.41) is 13.3. The first-order chi connectivity index (χ1) is 13.1. The van der Waals surface area contributed by atoms with E-state index in [0.29, 0.717) is 17.6 Å². The zero-order valence-corrected chi connectivity index (χ0v) is 15.9. The molecule has 2 fully saturated rings. The van der Waals surface area contributed by atoms with Crippen molar-refractivity contribution >= 4 is 10.8 Å². The molecule has 4 aliphatic rings. The maximum absolute atomic E-state index is 11.0. The molecule has 7 rings (SSSR count). The molecule has 0 aromatic heterocycles. The van der Waals surface area contributed by atoms with Gasteiger partial charge >= 0.3 is 0 Å². The maximum atomic E-state index is 11.0. The summed E-state index contributed by atoms with van der Waals surface area (Å²) in [6, 6.07) is 15.7. The summed E-state index contributed by atoms with van der Waals surface area (Å²) in [5.74, 6) is 3.37. The van der Waals surface area contributed by atoms with E-state index >= 15 is 0 Å². The summed E-state index contributed by atoms with van der Waals surface area (Å²) in [4.78, 5) is 0. The van der Waals surface area contributed by atoms with Crippen LogP contribution in [0, 0.1) is 11.8 Å². The zero-order chi connectivity index (χ0) is 18.1. The molecule has 1 N–H and O–H groups in total. The van der Waals surface area contributed by atoms with Crippen LogP contribution in [0.15, 0.2) is 42.5 Å². The van der Waals surface area contributed by atoms with Gasteiger partial charge in [-0.3, -0.25) is 0 Å². The molecule has 0 spiro atoms. The van der Waals surface area contributed by atoms with E-state index in [9.17, 15) is 5.11 Å². The number of aromatic hydroxyl groups is 1. The number of hydrogen-bond donors (Lipinski definition) is 1. The lowest BCUT2D eigenvalue weighted by Gasteiger charge is -2.45. The van der Waals surface area contributed by atoms with Crippen LogP contribution in [0.5, 0.6) is 5.75 Å². The van der Waals surface area contributed by atoms with Gasteiger partial charge in [-0.05, 0) is 87.8 Å². The number of fused-ring (bicyclic) bond motifs is 7. The Morgan fingerprint density at radius 2 is 1.56 bits per heavy atom. The van der Waals surface area contributed by atoms with Crippen LogP contribution in [0.2, 0.25) is 0 Å². The highest BCUT2D eigenvalue weighted by atomic mass is 16.3. The lowest BCUT2D eigenvalue weighted by Crippen LogP contribution is -2.30. The molecule has 134 valence electrons. The SMILES string of the molecule is CC1(C)c2cccc3c2-c2c(cc(O)c4cccc1c24)C1C2CCC(C2)C31. The highest BCUT2D eigenvalue weighted by Gasteiger charge is 2.53. The van der Waals surface area contributed by atoms with E-state index in [2.05, 4.69) is 56.3 Å². The third kappa shape index (κ3) is 1.49. The Morgan fingerprint density at radius 1 is 0.852 bits per heavy atom. The Hall–Kier alpha value is -2.28. The lowest BCUT2D eigenvalue weighted by molar-refractivity contribution is 0.361. The molecule has 27 heavy (non-hydrogen) atoms. The number of benzene rings is 3. The predicted octanol–water partition coefficient (Wildman–Crippen LogP) is 6.46. The van der Waals surface area contributed by atoms with Crippen LogP contribution >= 0.6 is 0 Å². The molecular formula is C26H24O. The summed E-state index contributed by atoms with van der Waals surface area (Å²) in [6.45, 7) is 4.72. The van der Waals surface area contributed by atoms with Crippen molar-refractivity contribution in [2.24, 2.45) is 11.8 Å². The van der Waals surface area contributed by atoms with E-state index in [1.54, 1.807) is 5.56 Å². The smallest absolute Gasteiger partial charge is 0.123 e. The van der Waals surface area contributed by atoms with Crippen LogP contribution in [0.4, 0.5) is 0 Å². The zero-order valence-electron chi connectivity index (χ0n) is 15.9. The van der Waals surface area contributed by atoms with Crippen molar-refractivity contribution in [3.63, 3.8) is 0 Å². The van der Waals surface area contributed by atoms with Crippen molar-refractivity contribution in [2.45, 2.75) is 50.4 Å². The molecule has 1 nitrogen and oxygen atoms in total. The topological polar surface area (TPSA) is 20.2 Å². The highest BCUT2D eigenvalue weighted by molar-refractivity contribution is 6.08. The van der Waals surface area contributed by atoms with E-state index in [4.69, 9.17) is 0 Å². The standard InChI is InChI=1S/C26H24O/c1-26(2)18-7-3-5-15-20(27)12-17-22-14-10-9-13(11-14)21(22)16-6-4-8-19(26)24(16)25(17)23(15)18/h3-8,12-14,21-22,27H,9-11H2,1-2H3. The second-order valence-corrected chi connectivity index (χ2v) is 9.87. The third-order valence-corrected chi connectivity index (χ3v) is 8.50. The number of rotatable bonds is 0.